The first-order valence-corrected chi connectivity index (χ1v) is 28.1. The molecule has 0 radical (unpaired) electrons. The van der Waals surface area contributed by atoms with Gasteiger partial charge in [0.2, 0.25) is 0 Å². The molecular weight excluding hydrogens is 1010 g/mol. The van der Waals surface area contributed by atoms with Crippen LogP contribution in [-0.4, -0.2) is 157 Å². The number of allylic oxidation sites excluding steroid dienone is 1. The summed E-state index contributed by atoms with van der Waals surface area (Å²) < 4.78 is 53.1. The van der Waals surface area contributed by atoms with E-state index in [1.807, 2.05) is 27.7 Å². The second-order valence-electron chi connectivity index (χ2n) is 22.9. The second kappa shape index (κ2) is 28.2. The molecule has 5 aliphatic rings. The van der Waals surface area contributed by atoms with E-state index < -0.39 is 116 Å². The first-order valence-electron chi connectivity index (χ1n) is 28.1. The number of fused-ring (bicyclic) bond motifs is 1. The van der Waals surface area contributed by atoms with Gasteiger partial charge in [0, 0.05) is 37.8 Å². The van der Waals surface area contributed by atoms with Gasteiger partial charge in [-0.05, 0) is 119 Å². The van der Waals surface area contributed by atoms with Crippen LogP contribution in [0.4, 0.5) is 9.59 Å². The van der Waals surface area contributed by atoms with Gasteiger partial charge in [0.05, 0.1) is 38.1 Å². The Morgan fingerprint density at radius 1 is 0.821 bits per heavy atom. The first kappa shape index (κ1) is 62.5. The average molecular weight is 1100 g/mol. The van der Waals surface area contributed by atoms with Crippen LogP contribution in [0.25, 0.3) is 0 Å². The fraction of sp³-hybridized carbons (Fsp3) is 0.741. The SMILES string of the molecule is C=CCOC(=O)NCCCCCCNC(=O)OC1COC(OC2C(O)COC(O[C@H]3C[C@H]4CC([C@@]5(C)CC[C@H](O)C/C5=C/C)CC[C@]4(C)[C@@]3(O)[C@H](C)C(=O)CCC(C)C)C2OC(C)=O)C(OC(=O)c2ccc(OC)cc2)C1O. The van der Waals surface area contributed by atoms with E-state index in [1.165, 1.54) is 30.9 Å². The summed E-state index contributed by atoms with van der Waals surface area (Å²) in [5.74, 6) is -1.85. The number of carbonyl (C=O) groups excluding carboxylic acids is 5. The number of amides is 2. The smallest absolute Gasteiger partial charge is 0.407 e. The van der Waals surface area contributed by atoms with Gasteiger partial charge in [-0.3, -0.25) is 9.59 Å². The van der Waals surface area contributed by atoms with Gasteiger partial charge in [0.15, 0.2) is 30.9 Å². The molecule has 6 N–H and O–H groups in total. The number of benzene rings is 1. The number of carbonyl (C=O) groups is 5. The summed E-state index contributed by atoms with van der Waals surface area (Å²) in [5.41, 5.74) is -1.39. The Labute approximate surface area is 459 Å². The number of rotatable bonds is 24. The van der Waals surface area contributed by atoms with Gasteiger partial charge < -0.3 is 73.7 Å². The molecular formula is C58H88N2O18. The van der Waals surface area contributed by atoms with Crippen molar-refractivity contribution in [1.82, 2.24) is 10.6 Å². The van der Waals surface area contributed by atoms with E-state index in [1.54, 1.807) is 19.1 Å². The maximum Gasteiger partial charge on any atom is 0.407 e. The zero-order valence-corrected chi connectivity index (χ0v) is 47.0. The molecule has 0 spiro atoms. The first-order chi connectivity index (χ1) is 37.1. The maximum atomic E-state index is 14.2. The Kier molecular flexibility index (Phi) is 22.6. The molecule has 2 heterocycles. The third-order valence-corrected chi connectivity index (χ3v) is 17.4. The molecule has 16 atom stereocenters. The number of nitrogens with one attached hydrogen (secondary N) is 2. The molecule has 0 aromatic heterocycles. The lowest BCUT2D eigenvalue weighted by Crippen LogP contribution is -2.64. The lowest BCUT2D eigenvalue weighted by atomic mass is 9.52. The number of ketones is 1. The zero-order chi connectivity index (χ0) is 57.0. The van der Waals surface area contributed by atoms with E-state index in [0.717, 1.165) is 39.0 Å². The number of hydrogen-bond donors (Lipinski definition) is 6. The van der Waals surface area contributed by atoms with Crippen LogP contribution in [0.1, 0.15) is 142 Å². The van der Waals surface area contributed by atoms with Gasteiger partial charge >= 0.3 is 24.1 Å². The van der Waals surface area contributed by atoms with Crippen LogP contribution in [0.15, 0.2) is 48.6 Å². The summed E-state index contributed by atoms with van der Waals surface area (Å²) in [6.45, 7) is 16.8. The normalized spacial score (nSPS) is 34.7. The predicted molar refractivity (Wildman–Crippen MR) is 284 cm³/mol. The number of aliphatic hydroxyl groups is 4. The Balaban J connectivity index is 1.21. The minimum atomic E-state index is -1.75. The maximum absolute atomic E-state index is 14.2. The van der Waals surface area contributed by atoms with Gasteiger partial charge in [-0.25, -0.2) is 14.4 Å². The molecule has 1 aromatic carbocycles. The molecule has 438 valence electrons. The number of unbranched alkanes of at least 4 members (excludes halogenated alkanes) is 3. The number of methoxy groups -OCH3 is 1. The van der Waals surface area contributed by atoms with Gasteiger partial charge in [-0.2, -0.15) is 0 Å². The summed E-state index contributed by atoms with van der Waals surface area (Å²) >= 11 is 0. The van der Waals surface area contributed by atoms with Crippen LogP contribution < -0.4 is 15.4 Å². The Morgan fingerprint density at radius 2 is 1.49 bits per heavy atom. The highest BCUT2D eigenvalue weighted by Gasteiger charge is 2.68. The van der Waals surface area contributed by atoms with Crippen LogP contribution in [0.5, 0.6) is 5.75 Å². The van der Waals surface area contributed by atoms with Crippen molar-refractivity contribution < 1.29 is 87.0 Å². The molecule has 3 aliphatic carbocycles. The van der Waals surface area contributed by atoms with Gasteiger partial charge in [-0.15, -0.1) is 0 Å². The molecule has 1 aromatic rings. The fourth-order valence-electron chi connectivity index (χ4n) is 12.7. The summed E-state index contributed by atoms with van der Waals surface area (Å²) in [6.07, 6.45) is -3.53. The number of alkyl carbamates (subject to hydrolysis) is 2. The molecule has 9 unspecified atom stereocenters. The predicted octanol–water partition coefficient (Wildman–Crippen LogP) is 6.62. The monoisotopic (exact) mass is 1100 g/mol. The number of aliphatic hydroxyl groups excluding tert-OH is 3. The quantitative estimate of drug-likeness (QED) is 0.0275. The molecule has 6 rings (SSSR count). The summed E-state index contributed by atoms with van der Waals surface area (Å²) in [6, 6.07) is 5.98. The largest absolute Gasteiger partial charge is 0.497 e. The summed E-state index contributed by atoms with van der Waals surface area (Å²) in [7, 11) is 1.47. The number of hydrogen-bond acceptors (Lipinski definition) is 18. The molecule has 2 aliphatic heterocycles. The van der Waals surface area contributed by atoms with Crippen LogP contribution in [0.2, 0.25) is 0 Å². The molecule has 3 saturated carbocycles. The van der Waals surface area contributed by atoms with E-state index in [4.69, 9.17) is 42.6 Å². The van der Waals surface area contributed by atoms with Crippen LogP contribution in [0, 0.1) is 34.5 Å². The standard InChI is InChI=1S/C58H88N2O18/c1-10-28-71-54(67)59-26-14-12-13-15-27-60-55(68)75-45-33-73-52(49(47(45)65)77-51(66)37-17-19-42(70-9)20-18-37)78-48-44(64)32-72-53(50(48)74-36(6)61)76-46-31-40-29-39(56(7)24-23-41(62)30-38(56)11-2)22-25-57(40,8)58(46,69)35(5)43(63)21-16-34(3)4/h10-11,17-20,34-35,39-41,44-50,52-53,62,64-65,69H,1,12-16,21-33H2,2-9H3,(H,59,67)(H,60,68)/b38-11-/t35-,39?,40-,41+,44?,45?,46+,47?,48?,49?,50?,52?,53?,56+,57+,58-/m1/s1. The Bertz CT molecular complexity index is 2210. The Hall–Kier alpha value is -4.67. The Morgan fingerprint density at radius 3 is 2.13 bits per heavy atom. The van der Waals surface area contributed by atoms with E-state index >= 15 is 0 Å². The molecule has 5 fully saturated rings. The van der Waals surface area contributed by atoms with Crippen molar-refractivity contribution in [2.75, 3.05) is 40.0 Å². The highest BCUT2D eigenvalue weighted by molar-refractivity contribution is 5.89. The van der Waals surface area contributed by atoms with E-state index in [9.17, 15) is 44.4 Å². The third kappa shape index (κ3) is 14.8. The van der Waals surface area contributed by atoms with E-state index in [0.29, 0.717) is 57.2 Å². The van der Waals surface area contributed by atoms with Crippen molar-refractivity contribution in [2.24, 2.45) is 34.5 Å². The van der Waals surface area contributed by atoms with Crippen molar-refractivity contribution in [3.63, 3.8) is 0 Å². The van der Waals surface area contributed by atoms with Crippen molar-refractivity contribution >= 4 is 29.9 Å². The molecule has 20 nitrogen and oxygen atoms in total. The number of esters is 2. The highest BCUT2D eigenvalue weighted by Crippen LogP contribution is 2.65. The summed E-state index contributed by atoms with van der Waals surface area (Å²) in [4.78, 5) is 65.8. The molecule has 20 heteroatoms. The lowest BCUT2D eigenvalue weighted by Gasteiger charge is -2.55. The van der Waals surface area contributed by atoms with Crippen molar-refractivity contribution in [3.05, 3.63) is 54.1 Å². The van der Waals surface area contributed by atoms with Gasteiger partial charge in [0.1, 0.15) is 42.1 Å². The van der Waals surface area contributed by atoms with Crippen LogP contribution >= 0.6 is 0 Å². The molecule has 0 bridgehead atoms. The lowest BCUT2D eigenvalue weighted by molar-refractivity contribution is -0.345. The minimum Gasteiger partial charge on any atom is -0.497 e. The van der Waals surface area contributed by atoms with Crippen molar-refractivity contribution in [2.45, 2.75) is 199 Å². The van der Waals surface area contributed by atoms with Crippen LogP contribution in [0.3, 0.4) is 0 Å². The molecule has 2 saturated heterocycles. The topological polar surface area (TPSA) is 273 Å². The second-order valence-corrected chi connectivity index (χ2v) is 22.9. The summed E-state index contributed by atoms with van der Waals surface area (Å²) in [5, 5.41) is 53.0. The van der Waals surface area contributed by atoms with E-state index in [2.05, 4.69) is 30.2 Å². The van der Waals surface area contributed by atoms with Crippen molar-refractivity contribution in [3.8, 4) is 5.75 Å². The third-order valence-electron chi connectivity index (χ3n) is 17.4. The average Bonchev–Trinajstić information content (AvgIpc) is 3.78. The molecule has 78 heavy (non-hydrogen) atoms. The van der Waals surface area contributed by atoms with Gasteiger partial charge in [-0.1, -0.05) is 71.8 Å². The van der Waals surface area contributed by atoms with E-state index in [-0.39, 0.29) is 54.1 Å². The number of Topliss-reactive ketones (excluding diaryl/α,β-unsaturated/α-hetero) is 1. The number of ether oxygens (including phenoxy) is 9. The van der Waals surface area contributed by atoms with Gasteiger partial charge in [0.25, 0.3) is 0 Å². The van der Waals surface area contributed by atoms with Crippen LogP contribution in [-0.2, 0) is 47.5 Å². The minimum absolute atomic E-state index is 0.0683. The highest BCUT2D eigenvalue weighted by atomic mass is 16.8. The van der Waals surface area contributed by atoms with Crippen molar-refractivity contribution in [1.29, 1.82) is 0 Å². The fourth-order valence-corrected chi connectivity index (χ4v) is 12.7. The molecule has 2 amide bonds. The zero-order valence-electron chi connectivity index (χ0n) is 47.0.